The molecule has 7 heteroatoms. The number of fused-ring (bicyclic) bond motifs is 2. The van der Waals surface area contributed by atoms with Crippen LogP contribution in [0.4, 0.5) is 11.6 Å². The number of para-hydroxylation sites is 1. The molecule has 2 aromatic heterocycles. The highest BCUT2D eigenvalue weighted by Gasteiger charge is 2.23. The lowest BCUT2D eigenvalue weighted by Gasteiger charge is -2.27. The van der Waals surface area contributed by atoms with E-state index in [9.17, 15) is 14.7 Å². The molecule has 33 heavy (non-hydrogen) atoms. The van der Waals surface area contributed by atoms with Gasteiger partial charge in [0.05, 0.1) is 23.3 Å². The van der Waals surface area contributed by atoms with Gasteiger partial charge >= 0.3 is 5.97 Å². The summed E-state index contributed by atoms with van der Waals surface area (Å²) in [6, 6.07) is 13.8. The van der Waals surface area contributed by atoms with Crippen molar-refractivity contribution in [3.05, 3.63) is 93.0 Å². The second kappa shape index (κ2) is 8.16. The van der Waals surface area contributed by atoms with Crippen molar-refractivity contribution < 1.29 is 18.7 Å². The first kappa shape index (κ1) is 20.9. The number of carboxylic acid groups (broad SMARTS) is 1. The van der Waals surface area contributed by atoms with Crippen LogP contribution in [0, 0.1) is 6.92 Å². The van der Waals surface area contributed by atoms with E-state index in [4.69, 9.17) is 8.83 Å². The van der Waals surface area contributed by atoms with Crippen LogP contribution in [0.5, 0.6) is 0 Å². The lowest BCUT2D eigenvalue weighted by molar-refractivity contribution is 0.0698. The van der Waals surface area contributed by atoms with Gasteiger partial charge in [0.25, 0.3) is 0 Å². The minimum Gasteiger partial charge on any atom is -0.478 e. The monoisotopic (exact) mass is 444 g/mol. The van der Waals surface area contributed by atoms with E-state index in [1.807, 2.05) is 36.9 Å². The van der Waals surface area contributed by atoms with Crippen LogP contribution in [-0.2, 0) is 13.0 Å². The lowest BCUT2D eigenvalue weighted by Crippen LogP contribution is -2.30. The molecule has 0 saturated heterocycles. The van der Waals surface area contributed by atoms with Crippen LogP contribution in [0.1, 0.15) is 45.8 Å². The zero-order valence-corrected chi connectivity index (χ0v) is 18.4. The number of carboxylic acids is 1. The van der Waals surface area contributed by atoms with Crippen molar-refractivity contribution in [1.82, 2.24) is 0 Å². The van der Waals surface area contributed by atoms with Crippen LogP contribution in [-0.4, -0.2) is 17.6 Å². The Kier molecular flexibility index (Phi) is 5.17. The van der Waals surface area contributed by atoms with Crippen LogP contribution in [0.2, 0.25) is 0 Å². The Morgan fingerprint density at radius 1 is 1.18 bits per heavy atom. The van der Waals surface area contributed by atoms with E-state index in [-0.39, 0.29) is 17.0 Å². The fraction of sp³-hybridized carbons (Fsp3) is 0.231. The summed E-state index contributed by atoms with van der Waals surface area (Å²) in [5, 5.41) is 13.3. The number of furan rings is 1. The second-order valence-electron chi connectivity index (χ2n) is 8.44. The Morgan fingerprint density at radius 2 is 2.00 bits per heavy atom. The molecular weight excluding hydrogens is 420 g/mol. The molecule has 0 aliphatic carbocycles. The molecule has 1 aliphatic rings. The number of aryl methyl sites for hydroxylation is 1. The first-order chi connectivity index (χ1) is 15.9. The molecule has 1 unspecified atom stereocenters. The third-order valence-electron chi connectivity index (χ3n) is 6.10. The molecule has 0 bridgehead atoms. The van der Waals surface area contributed by atoms with E-state index in [1.54, 1.807) is 36.6 Å². The number of nitrogens with zero attached hydrogens (tertiary/aromatic N) is 1. The van der Waals surface area contributed by atoms with E-state index in [2.05, 4.69) is 5.32 Å². The average molecular weight is 444 g/mol. The molecule has 0 spiro atoms. The van der Waals surface area contributed by atoms with Crippen molar-refractivity contribution in [3.8, 4) is 0 Å². The van der Waals surface area contributed by atoms with E-state index in [1.165, 1.54) is 0 Å². The molecule has 0 saturated carbocycles. The number of benzene rings is 2. The van der Waals surface area contributed by atoms with Gasteiger partial charge in [-0.3, -0.25) is 4.79 Å². The number of hydrogen-bond donors (Lipinski definition) is 2. The van der Waals surface area contributed by atoms with Crippen molar-refractivity contribution >= 4 is 28.5 Å². The minimum absolute atomic E-state index is 0.104. The number of carbonyl (C=O) groups is 1. The molecule has 4 aromatic rings. The van der Waals surface area contributed by atoms with Crippen molar-refractivity contribution in [2.75, 3.05) is 16.8 Å². The molecule has 7 nitrogen and oxygen atoms in total. The van der Waals surface area contributed by atoms with Gasteiger partial charge in [-0.05, 0) is 43.7 Å². The summed E-state index contributed by atoms with van der Waals surface area (Å²) in [5.74, 6) is 0.486. The number of aromatic carboxylic acids is 1. The number of nitrogens with one attached hydrogen (secondary N) is 1. The Labute approximate surface area is 190 Å². The maximum atomic E-state index is 13.1. The summed E-state index contributed by atoms with van der Waals surface area (Å²) in [6.07, 6.45) is 2.43. The summed E-state index contributed by atoms with van der Waals surface area (Å²) in [6.45, 7) is 5.16. The van der Waals surface area contributed by atoms with Gasteiger partial charge in [-0.2, -0.15) is 0 Å². The highest BCUT2D eigenvalue weighted by Crippen LogP contribution is 2.32. The van der Waals surface area contributed by atoms with Crippen molar-refractivity contribution in [3.63, 3.8) is 0 Å². The molecule has 2 aromatic carbocycles. The van der Waals surface area contributed by atoms with Crippen molar-refractivity contribution in [2.45, 2.75) is 32.9 Å². The molecule has 1 atom stereocenters. The zero-order valence-electron chi connectivity index (χ0n) is 18.4. The zero-order chi connectivity index (χ0) is 23.1. The van der Waals surface area contributed by atoms with Gasteiger partial charge < -0.3 is 24.2 Å². The first-order valence-corrected chi connectivity index (χ1v) is 10.9. The van der Waals surface area contributed by atoms with Crippen LogP contribution in [0.25, 0.3) is 11.0 Å². The smallest absolute Gasteiger partial charge is 0.337 e. The van der Waals surface area contributed by atoms with Gasteiger partial charge in [-0.1, -0.05) is 18.2 Å². The maximum absolute atomic E-state index is 13.1. The Hall–Kier alpha value is -4.00. The first-order valence-electron chi connectivity index (χ1n) is 10.9. The Balaban J connectivity index is 1.56. The molecule has 0 amide bonds. The van der Waals surface area contributed by atoms with E-state index in [0.29, 0.717) is 35.6 Å². The second-order valence-corrected chi connectivity index (χ2v) is 8.44. The number of hydrogen-bond acceptors (Lipinski definition) is 6. The summed E-state index contributed by atoms with van der Waals surface area (Å²) >= 11 is 0. The summed E-state index contributed by atoms with van der Waals surface area (Å²) in [7, 11) is 0. The fourth-order valence-corrected chi connectivity index (χ4v) is 4.44. The molecule has 2 N–H and O–H groups in total. The van der Waals surface area contributed by atoms with Crippen LogP contribution in [0.15, 0.2) is 68.4 Å². The van der Waals surface area contributed by atoms with E-state index < -0.39 is 5.97 Å². The lowest BCUT2D eigenvalue weighted by atomic mass is 10.0. The summed E-state index contributed by atoms with van der Waals surface area (Å²) in [4.78, 5) is 26.7. The number of anilines is 2. The highest BCUT2D eigenvalue weighted by atomic mass is 16.4. The van der Waals surface area contributed by atoms with Crippen LogP contribution >= 0.6 is 0 Å². The van der Waals surface area contributed by atoms with Gasteiger partial charge in [-0.15, -0.1) is 0 Å². The predicted molar refractivity (Wildman–Crippen MR) is 126 cm³/mol. The molecule has 0 fully saturated rings. The average Bonchev–Trinajstić information content (AvgIpc) is 3.27. The minimum atomic E-state index is -1.00. The SMILES string of the molecule is Cc1cc(C(C)Nc2ccccc2C(=O)O)c2oc(N3CCc4occc4C3)cc(=O)c2c1. The molecule has 3 heterocycles. The largest absolute Gasteiger partial charge is 0.478 e. The van der Waals surface area contributed by atoms with E-state index in [0.717, 1.165) is 28.9 Å². The van der Waals surface area contributed by atoms with E-state index >= 15 is 0 Å². The number of rotatable bonds is 5. The normalized spacial score (nSPS) is 14.2. The van der Waals surface area contributed by atoms with Gasteiger partial charge in [0.2, 0.25) is 0 Å². The third kappa shape index (κ3) is 3.86. The summed E-state index contributed by atoms with van der Waals surface area (Å²) in [5.41, 5.74) is 3.92. The third-order valence-corrected chi connectivity index (χ3v) is 6.10. The molecule has 168 valence electrons. The van der Waals surface area contributed by atoms with Gasteiger partial charge in [0.15, 0.2) is 11.3 Å². The van der Waals surface area contributed by atoms with Crippen molar-refractivity contribution in [2.24, 2.45) is 0 Å². The topological polar surface area (TPSA) is 95.9 Å². The molecule has 0 radical (unpaired) electrons. The van der Waals surface area contributed by atoms with Crippen LogP contribution < -0.4 is 15.6 Å². The standard InChI is InChI=1S/C26H24N2O5/c1-15-11-19(16(2)27-21-6-4-3-5-18(21)26(30)31)25-20(12-15)22(29)13-24(33-25)28-9-7-23-17(14-28)8-10-32-23/h3-6,8,10-13,16,27H,7,9,14H2,1-2H3,(H,30,31). The Bertz CT molecular complexity index is 1420. The maximum Gasteiger partial charge on any atom is 0.337 e. The van der Waals surface area contributed by atoms with Gasteiger partial charge in [0, 0.05) is 42.4 Å². The molecule has 1 aliphatic heterocycles. The van der Waals surface area contributed by atoms with Crippen molar-refractivity contribution in [1.29, 1.82) is 0 Å². The quantitative estimate of drug-likeness (QED) is 0.441. The highest BCUT2D eigenvalue weighted by molar-refractivity contribution is 5.94. The fourth-order valence-electron chi connectivity index (χ4n) is 4.44. The van der Waals surface area contributed by atoms with Gasteiger partial charge in [-0.25, -0.2) is 4.79 Å². The molecular formula is C26H24N2O5. The predicted octanol–water partition coefficient (Wildman–Crippen LogP) is 5.13. The van der Waals surface area contributed by atoms with Gasteiger partial charge in [0.1, 0.15) is 11.3 Å². The Morgan fingerprint density at radius 3 is 2.82 bits per heavy atom. The molecule has 5 rings (SSSR count). The summed E-state index contributed by atoms with van der Waals surface area (Å²) < 4.78 is 11.8. The van der Waals surface area contributed by atoms with Crippen LogP contribution in [0.3, 0.4) is 0 Å².